The molecular weight excluding hydrogens is 222 g/mol. The Morgan fingerprint density at radius 3 is 2.86 bits per heavy atom. The lowest BCUT2D eigenvalue weighted by Gasteiger charge is -2.03. The van der Waals surface area contributed by atoms with Crippen molar-refractivity contribution in [3.63, 3.8) is 0 Å². The number of sulfone groups is 1. The molecule has 3 nitrogen and oxygen atoms in total. The summed E-state index contributed by atoms with van der Waals surface area (Å²) in [4.78, 5) is 0.386. The van der Waals surface area contributed by atoms with Gasteiger partial charge in [0.1, 0.15) is 0 Å². The van der Waals surface area contributed by atoms with Gasteiger partial charge in [0.2, 0.25) is 0 Å². The van der Waals surface area contributed by atoms with Gasteiger partial charge in [-0.3, -0.25) is 0 Å². The highest BCUT2D eigenvalue weighted by Gasteiger charge is 2.35. The van der Waals surface area contributed by atoms with E-state index in [1.807, 2.05) is 0 Å². The highest BCUT2D eigenvalue weighted by molar-refractivity contribution is 7.92. The van der Waals surface area contributed by atoms with E-state index < -0.39 is 15.1 Å². The number of fused-ring (bicyclic) bond motifs is 1. The van der Waals surface area contributed by atoms with Gasteiger partial charge >= 0.3 is 0 Å². The molecule has 2 rings (SSSR count). The van der Waals surface area contributed by atoms with Gasteiger partial charge in [0, 0.05) is 11.6 Å². The third-order valence-corrected chi connectivity index (χ3v) is 4.96. The molecular formula is C9H10ClNO2S. The molecule has 0 aromatic heterocycles. The van der Waals surface area contributed by atoms with Gasteiger partial charge in [0.05, 0.1) is 10.1 Å². The van der Waals surface area contributed by atoms with Crippen LogP contribution >= 0.6 is 11.6 Å². The van der Waals surface area contributed by atoms with E-state index in [1.54, 1.807) is 18.2 Å². The monoisotopic (exact) mass is 231 g/mol. The second-order valence-corrected chi connectivity index (χ2v) is 5.99. The van der Waals surface area contributed by atoms with Crippen LogP contribution in [0.5, 0.6) is 0 Å². The third kappa shape index (κ3) is 1.34. The fourth-order valence-corrected chi connectivity index (χ4v) is 3.70. The van der Waals surface area contributed by atoms with Crippen LogP contribution in [0.4, 0.5) is 0 Å². The summed E-state index contributed by atoms with van der Waals surface area (Å²) < 4.78 is 23.6. The molecule has 1 heterocycles. The molecule has 0 aliphatic carbocycles. The zero-order valence-corrected chi connectivity index (χ0v) is 8.98. The summed E-state index contributed by atoms with van der Waals surface area (Å²) in [5.74, 6) is 0. The number of halogens is 1. The first-order valence-electron chi connectivity index (χ1n) is 4.28. The first kappa shape index (κ1) is 9.96. The van der Waals surface area contributed by atoms with Gasteiger partial charge in [-0.2, -0.15) is 0 Å². The summed E-state index contributed by atoms with van der Waals surface area (Å²) >= 11 is 5.78. The number of hydrogen-bond donors (Lipinski definition) is 1. The average Bonchev–Trinajstić information content (AvgIpc) is 2.37. The largest absolute Gasteiger partial charge is 0.329 e. The second-order valence-electron chi connectivity index (χ2n) is 3.36. The fourth-order valence-electron chi connectivity index (χ4n) is 1.73. The van der Waals surface area contributed by atoms with E-state index in [0.717, 1.165) is 5.56 Å². The van der Waals surface area contributed by atoms with Crippen LogP contribution in [0.2, 0.25) is 5.02 Å². The zero-order chi connectivity index (χ0) is 10.3. The second kappa shape index (κ2) is 3.22. The highest BCUT2D eigenvalue weighted by atomic mass is 35.5. The van der Waals surface area contributed by atoms with Crippen LogP contribution in [-0.4, -0.2) is 20.2 Å². The van der Waals surface area contributed by atoms with Crippen molar-refractivity contribution in [2.45, 2.75) is 16.6 Å². The Labute approximate surface area is 87.8 Å². The van der Waals surface area contributed by atoms with Crippen molar-refractivity contribution < 1.29 is 8.42 Å². The molecule has 0 saturated heterocycles. The first-order chi connectivity index (χ1) is 6.55. The Bertz CT molecular complexity index is 470. The number of nitrogens with two attached hydrogens (primary N) is 1. The Balaban J connectivity index is 2.60. The van der Waals surface area contributed by atoms with Gasteiger partial charge in [-0.05, 0) is 30.2 Å². The lowest BCUT2D eigenvalue weighted by Crippen LogP contribution is -2.26. The summed E-state index contributed by atoms with van der Waals surface area (Å²) in [6, 6.07) is 4.85. The van der Waals surface area contributed by atoms with Gasteiger partial charge in [-0.15, -0.1) is 0 Å². The van der Waals surface area contributed by atoms with Crippen LogP contribution in [0.15, 0.2) is 23.1 Å². The molecule has 2 N–H and O–H groups in total. The summed E-state index contributed by atoms with van der Waals surface area (Å²) in [6.45, 7) is 0.161. The maximum absolute atomic E-state index is 11.8. The van der Waals surface area contributed by atoms with Gasteiger partial charge in [-0.25, -0.2) is 8.42 Å². The minimum Gasteiger partial charge on any atom is -0.329 e. The lowest BCUT2D eigenvalue weighted by atomic mass is 10.1. The van der Waals surface area contributed by atoms with Gasteiger partial charge in [-0.1, -0.05) is 11.6 Å². The Hall–Kier alpha value is -0.580. The predicted molar refractivity (Wildman–Crippen MR) is 55.2 cm³/mol. The fraction of sp³-hybridized carbons (Fsp3) is 0.333. The molecule has 1 aliphatic rings. The van der Waals surface area contributed by atoms with Gasteiger partial charge in [0.15, 0.2) is 9.84 Å². The Morgan fingerprint density at radius 1 is 1.50 bits per heavy atom. The molecule has 0 saturated carbocycles. The van der Waals surface area contributed by atoms with Crippen LogP contribution in [0.1, 0.15) is 5.56 Å². The van der Waals surface area contributed by atoms with Gasteiger partial charge < -0.3 is 5.73 Å². The molecule has 0 spiro atoms. The standard InChI is InChI=1S/C9H10ClNO2S/c10-7-1-2-9-6(3-7)4-8(5-11)14(9,12)13/h1-3,8H,4-5,11H2. The third-order valence-electron chi connectivity index (χ3n) is 2.48. The quantitative estimate of drug-likeness (QED) is 0.785. The topological polar surface area (TPSA) is 60.2 Å². The van der Waals surface area contributed by atoms with E-state index in [2.05, 4.69) is 0 Å². The number of rotatable bonds is 1. The molecule has 14 heavy (non-hydrogen) atoms. The smallest absolute Gasteiger partial charge is 0.183 e. The lowest BCUT2D eigenvalue weighted by molar-refractivity contribution is 0.587. The number of benzene rings is 1. The van der Waals surface area contributed by atoms with Crippen molar-refractivity contribution in [3.05, 3.63) is 28.8 Å². The van der Waals surface area contributed by atoms with E-state index in [4.69, 9.17) is 17.3 Å². The maximum Gasteiger partial charge on any atom is 0.183 e. The first-order valence-corrected chi connectivity index (χ1v) is 6.20. The number of hydrogen-bond acceptors (Lipinski definition) is 3. The van der Waals surface area contributed by atoms with E-state index >= 15 is 0 Å². The normalized spacial score (nSPS) is 23.4. The summed E-state index contributed by atoms with van der Waals surface area (Å²) in [7, 11) is -3.20. The average molecular weight is 232 g/mol. The predicted octanol–water partition coefficient (Wildman–Crippen LogP) is 0.997. The van der Waals surface area contributed by atoms with Crippen LogP contribution in [0.25, 0.3) is 0 Å². The molecule has 1 aliphatic heterocycles. The molecule has 0 bridgehead atoms. The van der Waals surface area contributed by atoms with Crippen molar-refractivity contribution in [2.75, 3.05) is 6.54 Å². The molecule has 0 radical (unpaired) electrons. The zero-order valence-electron chi connectivity index (χ0n) is 7.40. The summed E-state index contributed by atoms with van der Waals surface area (Å²) in [6.07, 6.45) is 0.481. The van der Waals surface area contributed by atoms with Crippen LogP contribution in [0.3, 0.4) is 0 Å². The van der Waals surface area contributed by atoms with Crippen molar-refractivity contribution in [1.29, 1.82) is 0 Å². The van der Waals surface area contributed by atoms with Crippen LogP contribution in [0, 0.1) is 0 Å². The molecule has 5 heteroatoms. The molecule has 1 atom stereocenters. The summed E-state index contributed by atoms with van der Waals surface area (Å²) in [5.41, 5.74) is 6.20. The molecule has 0 amide bonds. The van der Waals surface area contributed by atoms with Crippen LogP contribution < -0.4 is 5.73 Å². The van der Waals surface area contributed by atoms with E-state index in [1.165, 1.54) is 0 Å². The Kier molecular flexibility index (Phi) is 2.29. The van der Waals surface area contributed by atoms with Crippen molar-refractivity contribution >= 4 is 21.4 Å². The Morgan fingerprint density at radius 2 is 2.21 bits per heavy atom. The minimum absolute atomic E-state index is 0.161. The minimum atomic E-state index is -3.20. The SMILES string of the molecule is NCC1Cc2cc(Cl)ccc2S1(=O)=O. The van der Waals surface area contributed by atoms with Crippen molar-refractivity contribution in [1.82, 2.24) is 0 Å². The maximum atomic E-state index is 11.8. The van der Waals surface area contributed by atoms with Crippen LogP contribution in [-0.2, 0) is 16.3 Å². The molecule has 76 valence electrons. The molecule has 1 aromatic carbocycles. The van der Waals surface area contributed by atoms with Gasteiger partial charge in [0.25, 0.3) is 0 Å². The molecule has 1 aromatic rings. The van der Waals surface area contributed by atoms with Crippen molar-refractivity contribution in [2.24, 2.45) is 5.73 Å². The van der Waals surface area contributed by atoms with E-state index in [9.17, 15) is 8.42 Å². The molecule has 0 fully saturated rings. The summed E-state index contributed by atoms with van der Waals surface area (Å²) in [5, 5.41) is 0.0904. The highest BCUT2D eigenvalue weighted by Crippen LogP contribution is 2.32. The van der Waals surface area contributed by atoms with Crippen molar-refractivity contribution in [3.8, 4) is 0 Å². The van der Waals surface area contributed by atoms with E-state index in [-0.39, 0.29) is 6.54 Å². The molecule has 1 unspecified atom stereocenters. The van der Waals surface area contributed by atoms with E-state index in [0.29, 0.717) is 16.3 Å².